The highest BCUT2D eigenvalue weighted by Gasteiger charge is 2.19. The minimum absolute atomic E-state index is 0.171. The average molecular weight is 430 g/mol. The summed E-state index contributed by atoms with van der Waals surface area (Å²) >= 11 is 6.24. The number of hydrogen-bond donors (Lipinski definition) is 1. The van der Waals surface area contributed by atoms with Crippen molar-refractivity contribution in [1.29, 1.82) is 0 Å². The molecular weight excluding hydrogens is 406 g/mol. The lowest BCUT2D eigenvalue weighted by molar-refractivity contribution is 0.140. The maximum absolute atomic E-state index is 11.7. The van der Waals surface area contributed by atoms with Crippen LogP contribution in [0.15, 0.2) is 36.4 Å². The van der Waals surface area contributed by atoms with Gasteiger partial charge in [0.05, 0.1) is 18.5 Å². The van der Waals surface area contributed by atoms with Crippen molar-refractivity contribution in [3.8, 4) is 17.0 Å². The van der Waals surface area contributed by atoms with Gasteiger partial charge in [0, 0.05) is 23.7 Å². The molecule has 0 saturated carbocycles. The van der Waals surface area contributed by atoms with Crippen LogP contribution in [0.2, 0.25) is 5.15 Å². The van der Waals surface area contributed by atoms with Gasteiger partial charge < -0.3 is 9.47 Å². The van der Waals surface area contributed by atoms with E-state index in [-0.39, 0.29) is 6.61 Å². The molecule has 8 heteroatoms. The van der Waals surface area contributed by atoms with Crippen molar-refractivity contribution >= 4 is 23.4 Å². The molecule has 0 aliphatic rings. The van der Waals surface area contributed by atoms with Gasteiger partial charge in [0.25, 0.3) is 0 Å². The molecule has 0 spiro atoms. The van der Waals surface area contributed by atoms with Crippen LogP contribution in [0.1, 0.15) is 22.3 Å². The summed E-state index contributed by atoms with van der Waals surface area (Å²) in [4.78, 5) is 11.7. The standard InChI is InChI=1S/C22H24ClN3O4/c1-13-7-6-8-18(26(28)22(27)29-5)17(13)12-30-19-10-9-16(11-14(19)2)20-15(3)21(23)25(4)24-20/h6-11,28H,12H2,1-5H3. The Hall–Kier alpha value is -3.03. The van der Waals surface area contributed by atoms with Crippen molar-refractivity contribution in [3.63, 3.8) is 0 Å². The molecule has 158 valence electrons. The van der Waals surface area contributed by atoms with Gasteiger partial charge in [-0.2, -0.15) is 10.2 Å². The topological polar surface area (TPSA) is 76.8 Å². The number of methoxy groups -OCH3 is 1. The molecular formula is C22H24ClN3O4. The third-order valence-corrected chi connectivity index (χ3v) is 5.51. The second kappa shape index (κ2) is 8.77. The van der Waals surface area contributed by atoms with Crippen molar-refractivity contribution in [1.82, 2.24) is 9.78 Å². The van der Waals surface area contributed by atoms with Crippen LogP contribution < -0.4 is 9.80 Å². The Labute approximate surface area is 180 Å². The predicted octanol–water partition coefficient (Wildman–Crippen LogP) is 5.21. The van der Waals surface area contributed by atoms with Crippen molar-refractivity contribution < 1.29 is 19.5 Å². The van der Waals surface area contributed by atoms with E-state index < -0.39 is 6.09 Å². The number of hydroxylamine groups is 1. The van der Waals surface area contributed by atoms with E-state index in [1.165, 1.54) is 7.11 Å². The molecule has 3 rings (SSSR count). The number of aryl methyl sites for hydroxylation is 3. The first kappa shape index (κ1) is 21.7. The third kappa shape index (κ3) is 4.13. The normalized spacial score (nSPS) is 10.8. The average Bonchev–Trinajstić information content (AvgIpc) is 2.99. The van der Waals surface area contributed by atoms with Crippen LogP contribution in [0.25, 0.3) is 11.3 Å². The van der Waals surface area contributed by atoms with Gasteiger partial charge in [-0.15, -0.1) is 0 Å². The van der Waals surface area contributed by atoms with Crippen LogP contribution >= 0.6 is 11.6 Å². The number of nitrogens with zero attached hydrogens (tertiary/aromatic N) is 3. The lowest BCUT2D eigenvalue weighted by atomic mass is 10.1. The molecule has 1 heterocycles. The molecule has 0 bridgehead atoms. The Morgan fingerprint density at radius 3 is 2.53 bits per heavy atom. The Kier molecular flexibility index (Phi) is 6.34. The lowest BCUT2D eigenvalue weighted by Gasteiger charge is -2.19. The number of rotatable bonds is 5. The SMILES string of the molecule is COC(=O)N(O)c1cccc(C)c1COc1ccc(-c2nn(C)c(Cl)c2C)cc1C. The van der Waals surface area contributed by atoms with Crippen molar-refractivity contribution in [2.45, 2.75) is 27.4 Å². The zero-order valence-corrected chi connectivity index (χ0v) is 18.3. The fourth-order valence-corrected chi connectivity index (χ4v) is 3.38. The summed E-state index contributed by atoms with van der Waals surface area (Å²) in [6.07, 6.45) is -0.869. The number of benzene rings is 2. The zero-order valence-electron chi connectivity index (χ0n) is 17.6. The van der Waals surface area contributed by atoms with Gasteiger partial charge in [-0.1, -0.05) is 23.7 Å². The van der Waals surface area contributed by atoms with E-state index in [0.29, 0.717) is 27.2 Å². The number of ether oxygens (including phenoxy) is 2. The van der Waals surface area contributed by atoms with Gasteiger partial charge >= 0.3 is 6.09 Å². The summed E-state index contributed by atoms with van der Waals surface area (Å²) in [5.41, 5.74) is 5.50. The van der Waals surface area contributed by atoms with Crippen LogP contribution in [-0.2, 0) is 18.4 Å². The van der Waals surface area contributed by atoms with Gasteiger partial charge in [0.15, 0.2) is 0 Å². The molecule has 3 aromatic rings. The maximum Gasteiger partial charge on any atom is 0.438 e. The summed E-state index contributed by atoms with van der Waals surface area (Å²) in [5.74, 6) is 0.690. The summed E-state index contributed by atoms with van der Waals surface area (Å²) in [7, 11) is 3.01. The number of aromatic nitrogens is 2. The van der Waals surface area contributed by atoms with E-state index in [4.69, 9.17) is 16.3 Å². The number of hydrogen-bond acceptors (Lipinski definition) is 5. The lowest BCUT2D eigenvalue weighted by Crippen LogP contribution is -2.28. The largest absolute Gasteiger partial charge is 0.489 e. The molecule has 0 unspecified atom stereocenters. The fourth-order valence-electron chi connectivity index (χ4n) is 3.25. The van der Waals surface area contributed by atoms with Gasteiger partial charge in [-0.25, -0.2) is 4.79 Å². The minimum Gasteiger partial charge on any atom is -0.489 e. The van der Waals surface area contributed by atoms with Crippen LogP contribution in [0.4, 0.5) is 10.5 Å². The van der Waals surface area contributed by atoms with E-state index >= 15 is 0 Å². The fraction of sp³-hybridized carbons (Fsp3) is 0.273. The van der Waals surface area contributed by atoms with Crippen molar-refractivity contribution in [2.24, 2.45) is 7.05 Å². The van der Waals surface area contributed by atoms with Crippen LogP contribution in [-0.4, -0.2) is 28.2 Å². The first-order chi connectivity index (χ1) is 14.2. The Balaban J connectivity index is 1.85. The Morgan fingerprint density at radius 2 is 1.93 bits per heavy atom. The maximum atomic E-state index is 11.7. The van der Waals surface area contributed by atoms with Gasteiger partial charge in [-0.05, 0) is 56.2 Å². The highest BCUT2D eigenvalue weighted by molar-refractivity contribution is 6.30. The van der Waals surface area contributed by atoms with Gasteiger partial charge in [0.2, 0.25) is 0 Å². The molecule has 7 nitrogen and oxygen atoms in total. The number of carbonyl (C=O) groups is 1. The van der Waals surface area contributed by atoms with E-state index in [2.05, 4.69) is 9.84 Å². The molecule has 0 aliphatic carbocycles. The van der Waals surface area contributed by atoms with Crippen molar-refractivity contribution in [2.75, 3.05) is 12.2 Å². The highest BCUT2D eigenvalue weighted by Crippen LogP contribution is 2.32. The molecule has 0 fully saturated rings. The molecule has 1 N–H and O–H groups in total. The quantitative estimate of drug-likeness (QED) is 0.445. The molecule has 2 aromatic carbocycles. The Bertz CT molecular complexity index is 1090. The first-order valence-electron chi connectivity index (χ1n) is 9.33. The summed E-state index contributed by atoms with van der Waals surface area (Å²) < 4.78 is 12.3. The molecule has 30 heavy (non-hydrogen) atoms. The minimum atomic E-state index is -0.869. The molecule has 1 amide bonds. The molecule has 0 aliphatic heterocycles. The molecule has 0 saturated heterocycles. The van der Waals surface area contributed by atoms with E-state index in [0.717, 1.165) is 27.9 Å². The summed E-state index contributed by atoms with van der Waals surface area (Å²) in [6, 6.07) is 11.1. The number of halogens is 1. The van der Waals surface area contributed by atoms with Crippen LogP contribution in [0.5, 0.6) is 5.75 Å². The van der Waals surface area contributed by atoms with E-state index in [1.807, 2.05) is 52.1 Å². The van der Waals surface area contributed by atoms with Crippen molar-refractivity contribution in [3.05, 3.63) is 63.8 Å². The second-order valence-corrected chi connectivity index (χ2v) is 7.37. The molecule has 0 radical (unpaired) electrons. The smallest absolute Gasteiger partial charge is 0.438 e. The number of amides is 1. The highest BCUT2D eigenvalue weighted by atomic mass is 35.5. The molecule has 1 aromatic heterocycles. The van der Waals surface area contributed by atoms with Gasteiger partial charge in [-0.3, -0.25) is 9.89 Å². The van der Waals surface area contributed by atoms with Crippen LogP contribution in [0, 0.1) is 20.8 Å². The first-order valence-corrected chi connectivity index (χ1v) is 9.70. The van der Waals surface area contributed by atoms with E-state index in [9.17, 15) is 10.0 Å². The number of carbonyl (C=O) groups excluding carboxylic acids is 1. The predicted molar refractivity (Wildman–Crippen MR) is 115 cm³/mol. The second-order valence-electron chi connectivity index (χ2n) is 7.01. The zero-order chi connectivity index (χ0) is 22.0. The van der Waals surface area contributed by atoms with Crippen LogP contribution in [0.3, 0.4) is 0 Å². The molecule has 0 atom stereocenters. The summed E-state index contributed by atoms with van der Waals surface area (Å²) in [6.45, 7) is 5.94. The number of anilines is 1. The summed E-state index contributed by atoms with van der Waals surface area (Å²) in [5, 5.41) is 15.7. The third-order valence-electron chi connectivity index (χ3n) is 4.98. The Morgan fingerprint density at radius 1 is 1.20 bits per heavy atom. The van der Waals surface area contributed by atoms with Gasteiger partial charge in [0.1, 0.15) is 17.5 Å². The monoisotopic (exact) mass is 429 g/mol. The van der Waals surface area contributed by atoms with E-state index in [1.54, 1.807) is 16.8 Å².